The zero-order chi connectivity index (χ0) is 12.6. The molecule has 6 rings (SSSR count). The molecule has 0 spiro atoms. The van der Waals surface area contributed by atoms with Crippen molar-refractivity contribution >= 4 is 53.8 Å². The van der Waals surface area contributed by atoms with E-state index in [0.29, 0.717) is 22.6 Å². The first-order chi connectivity index (χ1) is 8.42. The molecule has 0 radical (unpaired) electrons. The molecule has 6 saturated carbocycles. The molecule has 6 bridgehead atoms. The molecule has 0 aliphatic heterocycles. The molecule has 6 fully saturated rings. The molecule has 2 nitrogen and oxygen atoms in total. The highest BCUT2D eigenvalue weighted by molar-refractivity contribution is 9.25. The van der Waals surface area contributed by atoms with E-state index >= 15 is 0 Å². The Labute approximate surface area is 131 Å². The van der Waals surface area contributed by atoms with E-state index < -0.39 is 0 Å². The maximum atomic E-state index is 11.6. The molecule has 98 valence electrons. The minimum Gasteiger partial charge on any atom is -0.457 e. The SMILES string of the molecule is CC(=O)O[C@]12[C@@H]3[C@@H]4C[C@H]5[C@@H]([C@@H]4[C@@H]1Br)[C@H]2C(Br)(Br)[C@@H]53. The van der Waals surface area contributed by atoms with Crippen molar-refractivity contribution in [3.63, 3.8) is 0 Å². The lowest BCUT2D eigenvalue weighted by molar-refractivity contribution is -0.167. The number of alkyl halides is 3. The van der Waals surface area contributed by atoms with E-state index in [0.717, 1.165) is 23.7 Å². The van der Waals surface area contributed by atoms with Crippen molar-refractivity contribution in [1.82, 2.24) is 0 Å². The standard InChI is InChI=1S/C13H13Br3O2/c1-3(17)18-12-8-5-2-4-6(7(5)11(12)14)10(12)13(15,16)9(4)8/h4-11H,2H2,1H3/t4-,5+,6-,7+,8+,9-,10+,11-,12-/m0/s1. The molecular formula is C13H13Br3O2. The zero-order valence-corrected chi connectivity index (χ0v) is 14.5. The summed E-state index contributed by atoms with van der Waals surface area (Å²) in [5.74, 6) is 4.64. The number of carbonyl (C=O) groups is 1. The normalized spacial score (nSPS) is 67.6. The molecule has 18 heavy (non-hydrogen) atoms. The van der Waals surface area contributed by atoms with Gasteiger partial charge in [-0.2, -0.15) is 0 Å². The fourth-order valence-electron chi connectivity index (χ4n) is 6.89. The van der Waals surface area contributed by atoms with E-state index in [1.807, 2.05) is 0 Å². The molecule has 0 aromatic rings. The third kappa shape index (κ3) is 0.828. The summed E-state index contributed by atoms with van der Waals surface area (Å²) in [7, 11) is 0. The topological polar surface area (TPSA) is 26.3 Å². The van der Waals surface area contributed by atoms with Crippen molar-refractivity contribution in [1.29, 1.82) is 0 Å². The maximum absolute atomic E-state index is 11.6. The van der Waals surface area contributed by atoms with Gasteiger partial charge in [0.05, 0.1) is 8.06 Å². The molecule has 0 saturated heterocycles. The average molecular weight is 441 g/mol. The Hall–Kier alpha value is 0.910. The van der Waals surface area contributed by atoms with Crippen LogP contribution in [0.15, 0.2) is 0 Å². The number of carbonyl (C=O) groups excluding carboxylic acids is 1. The first-order valence-electron chi connectivity index (χ1n) is 6.64. The lowest BCUT2D eigenvalue weighted by Crippen LogP contribution is -2.49. The van der Waals surface area contributed by atoms with Gasteiger partial charge in [-0.1, -0.05) is 47.8 Å². The van der Waals surface area contributed by atoms with Gasteiger partial charge in [-0.15, -0.1) is 0 Å². The van der Waals surface area contributed by atoms with Crippen LogP contribution in [0.4, 0.5) is 0 Å². The van der Waals surface area contributed by atoms with Crippen molar-refractivity contribution < 1.29 is 9.53 Å². The van der Waals surface area contributed by atoms with E-state index in [1.165, 1.54) is 6.42 Å². The molecule has 0 N–H and O–H groups in total. The quantitative estimate of drug-likeness (QED) is 0.462. The summed E-state index contributed by atoms with van der Waals surface area (Å²) in [5, 5.41) is 0. The lowest BCUT2D eigenvalue weighted by atomic mass is 9.69. The fraction of sp³-hybridized carbons (Fsp3) is 0.923. The number of esters is 1. The predicted octanol–water partition coefficient (Wildman–Crippen LogP) is 3.31. The van der Waals surface area contributed by atoms with Gasteiger partial charge >= 0.3 is 5.97 Å². The summed E-state index contributed by atoms with van der Waals surface area (Å²) in [4.78, 5) is 12.0. The predicted molar refractivity (Wildman–Crippen MR) is 76.8 cm³/mol. The third-order valence-corrected chi connectivity index (χ3v) is 10.00. The largest absolute Gasteiger partial charge is 0.457 e. The van der Waals surface area contributed by atoms with Crippen LogP contribution < -0.4 is 0 Å². The molecule has 5 heteroatoms. The molecule has 0 amide bonds. The van der Waals surface area contributed by atoms with E-state index in [1.54, 1.807) is 6.92 Å². The molecular weight excluding hydrogens is 428 g/mol. The summed E-state index contributed by atoms with van der Waals surface area (Å²) in [6.45, 7) is 1.56. The number of halogens is 3. The Morgan fingerprint density at radius 1 is 1.22 bits per heavy atom. The first-order valence-corrected chi connectivity index (χ1v) is 9.14. The van der Waals surface area contributed by atoms with Gasteiger partial charge in [-0.25, -0.2) is 0 Å². The van der Waals surface area contributed by atoms with Crippen LogP contribution in [0.1, 0.15) is 13.3 Å². The van der Waals surface area contributed by atoms with Crippen LogP contribution in [0.2, 0.25) is 0 Å². The molecule has 0 unspecified atom stereocenters. The van der Waals surface area contributed by atoms with Gasteiger partial charge in [0.1, 0.15) is 5.60 Å². The lowest BCUT2D eigenvalue weighted by Gasteiger charge is -2.41. The summed E-state index contributed by atoms with van der Waals surface area (Å²) in [5.41, 5.74) is -0.240. The monoisotopic (exact) mass is 438 g/mol. The molecule has 9 atom stereocenters. The highest BCUT2D eigenvalue weighted by atomic mass is 79.9. The minimum absolute atomic E-state index is 0.00146. The van der Waals surface area contributed by atoms with E-state index in [2.05, 4.69) is 47.8 Å². The smallest absolute Gasteiger partial charge is 0.303 e. The van der Waals surface area contributed by atoms with Gasteiger partial charge in [0, 0.05) is 18.8 Å². The molecule has 0 aromatic carbocycles. The van der Waals surface area contributed by atoms with Crippen LogP contribution in [0.5, 0.6) is 0 Å². The number of hydrogen-bond acceptors (Lipinski definition) is 2. The summed E-state index contributed by atoms with van der Waals surface area (Å²) < 4.78 is 5.98. The first kappa shape index (κ1) is 11.6. The number of rotatable bonds is 1. The Morgan fingerprint density at radius 3 is 2.56 bits per heavy atom. The van der Waals surface area contributed by atoms with Crippen LogP contribution >= 0.6 is 47.8 Å². The van der Waals surface area contributed by atoms with Gasteiger partial charge in [0.2, 0.25) is 0 Å². The second-order valence-electron chi connectivity index (χ2n) is 6.77. The van der Waals surface area contributed by atoms with Gasteiger partial charge in [0.15, 0.2) is 0 Å². The summed E-state index contributed by atoms with van der Waals surface area (Å²) in [6.07, 6.45) is 1.35. The van der Waals surface area contributed by atoms with Crippen molar-refractivity contribution in [3.8, 4) is 0 Å². The van der Waals surface area contributed by atoms with Crippen molar-refractivity contribution in [2.24, 2.45) is 41.4 Å². The van der Waals surface area contributed by atoms with Crippen LogP contribution in [0.25, 0.3) is 0 Å². The Balaban J connectivity index is 1.76. The summed E-state index contributed by atoms with van der Waals surface area (Å²) >= 11 is 11.8. The number of hydrogen-bond donors (Lipinski definition) is 0. The van der Waals surface area contributed by atoms with E-state index in [9.17, 15) is 4.79 Å². The van der Waals surface area contributed by atoms with Gasteiger partial charge < -0.3 is 4.74 Å². The average Bonchev–Trinajstić information content (AvgIpc) is 2.93. The highest BCUT2D eigenvalue weighted by Gasteiger charge is 2.93. The van der Waals surface area contributed by atoms with Gasteiger partial charge in [-0.3, -0.25) is 4.79 Å². The fourth-order valence-corrected chi connectivity index (χ4v) is 10.9. The second-order valence-corrected chi connectivity index (χ2v) is 11.4. The Kier molecular flexibility index (Phi) is 1.87. The van der Waals surface area contributed by atoms with E-state index in [-0.39, 0.29) is 14.8 Å². The van der Waals surface area contributed by atoms with Crippen LogP contribution in [0.3, 0.4) is 0 Å². The van der Waals surface area contributed by atoms with Crippen molar-refractivity contribution in [2.75, 3.05) is 0 Å². The maximum Gasteiger partial charge on any atom is 0.303 e. The highest BCUT2D eigenvalue weighted by Crippen LogP contribution is 2.90. The minimum atomic E-state index is -0.240. The molecule has 6 aliphatic carbocycles. The molecule has 0 heterocycles. The van der Waals surface area contributed by atoms with Gasteiger partial charge in [0.25, 0.3) is 0 Å². The van der Waals surface area contributed by atoms with Crippen LogP contribution in [-0.2, 0) is 9.53 Å². The Bertz CT molecular complexity index is 493. The Morgan fingerprint density at radius 2 is 1.89 bits per heavy atom. The van der Waals surface area contributed by atoms with Crippen molar-refractivity contribution in [2.45, 2.75) is 27.0 Å². The summed E-state index contributed by atoms with van der Waals surface area (Å²) in [6, 6.07) is 0. The molecule has 6 aliphatic rings. The van der Waals surface area contributed by atoms with Crippen LogP contribution in [-0.4, -0.2) is 19.6 Å². The van der Waals surface area contributed by atoms with Crippen molar-refractivity contribution in [3.05, 3.63) is 0 Å². The zero-order valence-electron chi connectivity index (χ0n) is 9.78. The van der Waals surface area contributed by atoms with Crippen LogP contribution in [0, 0.1) is 41.4 Å². The molecule has 0 aromatic heterocycles. The van der Waals surface area contributed by atoms with Gasteiger partial charge in [-0.05, 0) is 36.0 Å². The number of ether oxygens (including phenoxy) is 1. The van der Waals surface area contributed by atoms with E-state index in [4.69, 9.17) is 4.74 Å². The third-order valence-electron chi connectivity index (χ3n) is 6.63. The second kappa shape index (κ2) is 2.92.